The van der Waals surface area contributed by atoms with E-state index >= 15 is 0 Å². The van der Waals surface area contributed by atoms with Gasteiger partial charge in [0, 0.05) is 12.6 Å². The smallest absolute Gasteiger partial charge is 0.534 e. The van der Waals surface area contributed by atoms with Gasteiger partial charge in [0.2, 0.25) is 5.91 Å². The number of hydrogen-bond acceptors (Lipinski definition) is 6. The highest BCUT2D eigenvalue weighted by atomic mass is 16.5. The molecule has 134 valence electrons. The summed E-state index contributed by atoms with van der Waals surface area (Å²) in [5, 5.41) is 22.1. The Bertz CT molecular complexity index is 671. The van der Waals surface area contributed by atoms with E-state index in [9.17, 15) is 19.7 Å². The van der Waals surface area contributed by atoms with Gasteiger partial charge >= 0.3 is 13.1 Å². The molecule has 1 amide bonds. The van der Waals surface area contributed by atoms with Crippen LogP contribution in [0.15, 0.2) is 18.2 Å². The number of rotatable bonds is 4. The molecule has 1 aromatic rings. The Hall–Kier alpha value is -2.10. The number of hydrogen-bond donors (Lipinski definition) is 4. The van der Waals surface area contributed by atoms with E-state index < -0.39 is 19.0 Å². The molecule has 2 aliphatic rings. The number of aromatic carboxylic acids is 1. The first-order valence-electron chi connectivity index (χ1n) is 8.41. The fraction of sp³-hybridized carbons (Fsp3) is 0.500. The van der Waals surface area contributed by atoms with E-state index in [1.54, 1.807) is 12.1 Å². The standard InChI is InChI=1S/C16H22BN3O5/c18-11-4-2-6-20(8-11)9-14(21)19-13-7-10-3-1-5-12(16(22)23)15(10)25-17(13)24/h1,3,5,11,13,24H,2,4,6-9,18H2,(H,19,21)(H,22,23)/t11-,13?/m0/s1. The van der Waals surface area contributed by atoms with Gasteiger partial charge in [0.1, 0.15) is 5.75 Å². The van der Waals surface area contributed by atoms with Crippen LogP contribution in [0.2, 0.25) is 0 Å². The van der Waals surface area contributed by atoms with Crippen LogP contribution in [0.1, 0.15) is 28.8 Å². The number of nitrogens with zero attached hydrogens (tertiary/aromatic N) is 1. The minimum atomic E-state index is -1.29. The van der Waals surface area contributed by atoms with E-state index in [1.807, 2.05) is 4.90 Å². The third-order valence-electron chi connectivity index (χ3n) is 4.61. The van der Waals surface area contributed by atoms with Crippen molar-refractivity contribution in [1.82, 2.24) is 10.2 Å². The maximum absolute atomic E-state index is 12.3. The van der Waals surface area contributed by atoms with Gasteiger partial charge < -0.3 is 25.8 Å². The first kappa shape index (κ1) is 17.7. The quantitative estimate of drug-likeness (QED) is 0.528. The van der Waals surface area contributed by atoms with Gasteiger partial charge in [0.05, 0.1) is 18.0 Å². The molecule has 0 spiro atoms. The lowest BCUT2D eigenvalue weighted by molar-refractivity contribution is -0.122. The van der Waals surface area contributed by atoms with Crippen molar-refractivity contribution in [2.24, 2.45) is 5.73 Å². The molecule has 8 nitrogen and oxygen atoms in total. The Morgan fingerprint density at radius 3 is 2.96 bits per heavy atom. The van der Waals surface area contributed by atoms with Crippen LogP contribution in [0.3, 0.4) is 0 Å². The molecular formula is C16H22BN3O5. The summed E-state index contributed by atoms with van der Waals surface area (Å²) in [6, 6.07) is 4.87. The Morgan fingerprint density at radius 2 is 2.24 bits per heavy atom. The molecule has 0 radical (unpaired) electrons. The van der Waals surface area contributed by atoms with Crippen molar-refractivity contribution in [2.45, 2.75) is 31.2 Å². The Labute approximate surface area is 146 Å². The number of likely N-dealkylation sites (tertiary alicyclic amines) is 1. The molecule has 0 aliphatic carbocycles. The van der Waals surface area contributed by atoms with E-state index in [0.717, 1.165) is 19.4 Å². The van der Waals surface area contributed by atoms with Crippen LogP contribution < -0.4 is 15.7 Å². The van der Waals surface area contributed by atoms with Gasteiger partial charge in [-0.15, -0.1) is 0 Å². The number of fused-ring (bicyclic) bond motifs is 1. The lowest BCUT2D eigenvalue weighted by atomic mass is 9.72. The second-order valence-corrected chi connectivity index (χ2v) is 6.62. The van der Waals surface area contributed by atoms with Crippen LogP contribution in [-0.4, -0.2) is 65.6 Å². The normalized spacial score (nSPS) is 23.5. The van der Waals surface area contributed by atoms with Crippen LogP contribution in [0, 0.1) is 0 Å². The van der Waals surface area contributed by atoms with Crippen LogP contribution >= 0.6 is 0 Å². The van der Waals surface area contributed by atoms with Crippen LogP contribution in [-0.2, 0) is 11.2 Å². The minimum Gasteiger partial charge on any atom is -0.534 e. The first-order chi connectivity index (χ1) is 11.9. The van der Waals surface area contributed by atoms with Gasteiger partial charge in [-0.2, -0.15) is 0 Å². The number of nitrogens with two attached hydrogens (primary N) is 1. The number of carboxylic acid groups (broad SMARTS) is 1. The summed E-state index contributed by atoms with van der Waals surface area (Å²) < 4.78 is 5.37. The summed E-state index contributed by atoms with van der Waals surface area (Å²) in [6.07, 6.45) is 2.24. The fourth-order valence-corrected chi connectivity index (χ4v) is 3.41. The second kappa shape index (κ2) is 7.43. The predicted octanol–water partition coefficient (Wildman–Crippen LogP) is -0.753. The van der Waals surface area contributed by atoms with Gasteiger partial charge in [-0.1, -0.05) is 12.1 Å². The molecule has 2 heterocycles. The van der Waals surface area contributed by atoms with Gasteiger partial charge in [0.25, 0.3) is 0 Å². The summed E-state index contributed by atoms with van der Waals surface area (Å²) in [6.45, 7) is 1.73. The molecule has 5 N–H and O–H groups in total. The van der Waals surface area contributed by atoms with Crippen LogP contribution in [0.5, 0.6) is 5.75 Å². The van der Waals surface area contributed by atoms with Crippen molar-refractivity contribution in [1.29, 1.82) is 0 Å². The average molecular weight is 347 g/mol. The van der Waals surface area contributed by atoms with Crippen LogP contribution in [0.25, 0.3) is 0 Å². The zero-order valence-electron chi connectivity index (χ0n) is 13.9. The van der Waals surface area contributed by atoms with Crippen LogP contribution in [0.4, 0.5) is 0 Å². The van der Waals surface area contributed by atoms with Crippen molar-refractivity contribution < 1.29 is 24.4 Å². The summed E-state index contributed by atoms with van der Waals surface area (Å²) in [5.74, 6) is -1.79. The minimum absolute atomic E-state index is 0.00336. The molecule has 0 saturated carbocycles. The highest BCUT2D eigenvalue weighted by molar-refractivity contribution is 6.47. The average Bonchev–Trinajstić information content (AvgIpc) is 2.54. The third kappa shape index (κ3) is 4.12. The van der Waals surface area contributed by atoms with Crippen molar-refractivity contribution in [3.63, 3.8) is 0 Å². The van der Waals surface area contributed by atoms with E-state index in [2.05, 4.69) is 5.32 Å². The lowest BCUT2D eigenvalue weighted by Gasteiger charge is -2.32. The highest BCUT2D eigenvalue weighted by Crippen LogP contribution is 2.30. The van der Waals surface area contributed by atoms with E-state index in [4.69, 9.17) is 10.4 Å². The molecule has 3 rings (SSSR count). The molecule has 25 heavy (non-hydrogen) atoms. The number of amides is 1. The summed E-state index contributed by atoms with van der Waals surface area (Å²) in [7, 11) is -1.29. The van der Waals surface area contributed by atoms with Crippen molar-refractivity contribution >= 4 is 19.0 Å². The number of carbonyl (C=O) groups is 2. The zero-order chi connectivity index (χ0) is 18.0. The topological polar surface area (TPSA) is 125 Å². The van der Waals surface area contributed by atoms with Gasteiger partial charge in [-0.3, -0.25) is 9.69 Å². The molecule has 1 saturated heterocycles. The van der Waals surface area contributed by atoms with Gasteiger partial charge in [-0.05, 0) is 37.4 Å². The maximum Gasteiger partial charge on any atom is 0.547 e. The largest absolute Gasteiger partial charge is 0.547 e. The van der Waals surface area contributed by atoms with Crippen molar-refractivity contribution in [2.75, 3.05) is 19.6 Å². The summed E-state index contributed by atoms with van der Waals surface area (Å²) >= 11 is 0. The van der Waals surface area contributed by atoms with E-state index in [-0.39, 0.29) is 29.8 Å². The van der Waals surface area contributed by atoms with Crippen molar-refractivity contribution in [3.05, 3.63) is 29.3 Å². The molecule has 1 unspecified atom stereocenters. The van der Waals surface area contributed by atoms with E-state index in [1.165, 1.54) is 6.07 Å². The summed E-state index contributed by atoms with van der Waals surface area (Å²) in [4.78, 5) is 25.5. The predicted molar refractivity (Wildman–Crippen MR) is 91.3 cm³/mol. The molecule has 9 heteroatoms. The number of benzene rings is 1. The molecule has 1 aromatic carbocycles. The summed E-state index contributed by atoms with van der Waals surface area (Å²) in [5.41, 5.74) is 6.57. The first-order valence-corrected chi connectivity index (χ1v) is 8.41. The molecule has 0 aromatic heterocycles. The highest BCUT2D eigenvalue weighted by Gasteiger charge is 2.37. The van der Waals surface area contributed by atoms with Crippen molar-refractivity contribution in [3.8, 4) is 5.75 Å². The number of carbonyl (C=O) groups excluding carboxylic acids is 1. The Balaban J connectivity index is 1.63. The zero-order valence-corrected chi connectivity index (χ0v) is 13.9. The van der Waals surface area contributed by atoms with Gasteiger partial charge in [0.15, 0.2) is 0 Å². The SMILES string of the molecule is N[C@H]1CCCN(CC(=O)NC2Cc3cccc(C(=O)O)c3OB2O)C1. The molecule has 2 atom stereocenters. The second-order valence-electron chi connectivity index (χ2n) is 6.62. The third-order valence-corrected chi connectivity index (χ3v) is 4.61. The number of piperidine rings is 1. The van der Waals surface area contributed by atoms with E-state index in [0.29, 0.717) is 18.5 Å². The molecular weight excluding hydrogens is 325 g/mol. The maximum atomic E-state index is 12.3. The Kier molecular flexibility index (Phi) is 5.26. The molecule has 0 bridgehead atoms. The lowest BCUT2D eigenvalue weighted by Crippen LogP contribution is -2.55. The fourth-order valence-electron chi connectivity index (χ4n) is 3.41. The monoisotopic (exact) mass is 347 g/mol. The molecule has 1 fully saturated rings. The number of nitrogens with one attached hydrogen (secondary N) is 1. The van der Waals surface area contributed by atoms with Gasteiger partial charge in [-0.25, -0.2) is 4.79 Å². The number of para-hydroxylation sites is 1. The Morgan fingerprint density at radius 1 is 1.44 bits per heavy atom. The molecule has 2 aliphatic heterocycles. The number of carboxylic acids is 1.